The lowest BCUT2D eigenvalue weighted by Gasteiger charge is -2.09. The molecule has 96 valence electrons. The van der Waals surface area contributed by atoms with Crippen molar-refractivity contribution in [3.63, 3.8) is 0 Å². The Labute approximate surface area is 115 Å². The number of rotatable bonds is 5. The van der Waals surface area contributed by atoms with Crippen molar-refractivity contribution in [3.8, 4) is 5.75 Å². The van der Waals surface area contributed by atoms with Gasteiger partial charge >= 0.3 is 0 Å². The van der Waals surface area contributed by atoms with Gasteiger partial charge in [-0.15, -0.1) is 0 Å². The molecule has 0 atom stereocenters. The number of ether oxygens (including phenoxy) is 1. The van der Waals surface area contributed by atoms with Crippen LogP contribution >= 0.6 is 15.9 Å². The number of halogens is 1. The van der Waals surface area contributed by atoms with Crippen molar-refractivity contribution < 1.29 is 4.74 Å². The number of aromatic nitrogens is 2. The van der Waals surface area contributed by atoms with Gasteiger partial charge < -0.3 is 10.1 Å². The molecular formula is C13H16BrN3O. The van der Waals surface area contributed by atoms with Crippen LogP contribution in [0.25, 0.3) is 0 Å². The Bertz CT molecular complexity index is 525. The van der Waals surface area contributed by atoms with Crippen LogP contribution in [-0.2, 0) is 20.1 Å². The summed E-state index contributed by atoms with van der Waals surface area (Å²) in [5.74, 6) is 0.871. The van der Waals surface area contributed by atoms with Crippen molar-refractivity contribution in [1.82, 2.24) is 15.1 Å². The maximum atomic E-state index is 5.22. The average molecular weight is 310 g/mol. The largest absolute Gasteiger partial charge is 0.497 e. The Morgan fingerprint density at radius 1 is 1.33 bits per heavy atom. The zero-order valence-electron chi connectivity index (χ0n) is 10.5. The van der Waals surface area contributed by atoms with Crippen LogP contribution < -0.4 is 10.1 Å². The van der Waals surface area contributed by atoms with Crippen molar-refractivity contribution >= 4 is 15.9 Å². The molecule has 1 heterocycles. The average Bonchev–Trinajstić information content (AvgIpc) is 2.77. The quantitative estimate of drug-likeness (QED) is 0.922. The molecule has 1 aromatic carbocycles. The zero-order chi connectivity index (χ0) is 13.0. The van der Waals surface area contributed by atoms with Gasteiger partial charge in [-0.2, -0.15) is 5.10 Å². The van der Waals surface area contributed by atoms with Gasteiger partial charge in [0.2, 0.25) is 0 Å². The second-order valence-corrected chi connectivity index (χ2v) is 4.86. The van der Waals surface area contributed by atoms with Gasteiger partial charge in [-0.05, 0) is 29.8 Å². The Kier molecular flexibility index (Phi) is 4.38. The van der Waals surface area contributed by atoms with E-state index in [9.17, 15) is 0 Å². The van der Waals surface area contributed by atoms with Crippen LogP contribution in [0.3, 0.4) is 0 Å². The van der Waals surface area contributed by atoms with Crippen LogP contribution in [0, 0.1) is 0 Å². The summed E-state index contributed by atoms with van der Waals surface area (Å²) in [6.45, 7) is 1.57. The molecule has 0 amide bonds. The molecule has 0 fully saturated rings. The van der Waals surface area contributed by atoms with E-state index in [0.29, 0.717) is 0 Å². The highest BCUT2D eigenvalue weighted by molar-refractivity contribution is 9.10. The second kappa shape index (κ2) is 6.02. The molecule has 0 spiro atoms. The van der Waals surface area contributed by atoms with Crippen molar-refractivity contribution in [3.05, 3.63) is 46.2 Å². The summed E-state index contributed by atoms with van der Waals surface area (Å²) in [7, 11) is 3.62. The lowest BCUT2D eigenvalue weighted by Crippen LogP contribution is -2.15. The molecule has 0 aliphatic carbocycles. The molecular weight excluding hydrogens is 294 g/mol. The van der Waals surface area contributed by atoms with Gasteiger partial charge in [0.25, 0.3) is 0 Å². The Morgan fingerprint density at radius 2 is 2.17 bits per heavy atom. The lowest BCUT2D eigenvalue weighted by atomic mass is 10.2. The van der Waals surface area contributed by atoms with Gasteiger partial charge in [0.1, 0.15) is 5.75 Å². The van der Waals surface area contributed by atoms with E-state index in [1.807, 2.05) is 36.0 Å². The van der Waals surface area contributed by atoms with E-state index in [0.717, 1.165) is 29.0 Å². The van der Waals surface area contributed by atoms with Crippen LogP contribution in [0.1, 0.15) is 11.3 Å². The summed E-state index contributed by atoms with van der Waals surface area (Å²) in [6.07, 6.45) is 1.80. The molecule has 5 heteroatoms. The minimum absolute atomic E-state index is 0.781. The molecule has 18 heavy (non-hydrogen) atoms. The molecule has 0 saturated heterocycles. The third kappa shape index (κ3) is 3.11. The first-order valence-electron chi connectivity index (χ1n) is 5.70. The fourth-order valence-electron chi connectivity index (χ4n) is 1.71. The summed E-state index contributed by atoms with van der Waals surface area (Å²) in [5.41, 5.74) is 2.34. The Morgan fingerprint density at radius 3 is 2.83 bits per heavy atom. The van der Waals surface area contributed by atoms with E-state index in [-0.39, 0.29) is 0 Å². The smallest absolute Gasteiger partial charge is 0.119 e. The van der Waals surface area contributed by atoms with Crippen LogP contribution in [-0.4, -0.2) is 16.9 Å². The normalized spacial score (nSPS) is 10.6. The highest BCUT2D eigenvalue weighted by Gasteiger charge is 2.03. The summed E-state index contributed by atoms with van der Waals surface area (Å²) in [4.78, 5) is 0. The third-order valence-electron chi connectivity index (χ3n) is 2.80. The number of nitrogens with zero attached hydrogens (tertiary/aromatic N) is 2. The maximum Gasteiger partial charge on any atom is 0.119 e. The van der Waals surface area contributed by atoms with E-state index < -0.39 is 0 Å². The number of hydrogen-bond acceptors (Lipinski definition) is 3. The summed E-state index contributed by atoms with van der Waals surface area (Å²) < 4.78 is 8.17. The van der Waals surface area contributed by atoms with Gasteiger partial charge in [0.15, 0.2) is 0 Å². The molecule has 1 aromatic heterocycles. The fourth-order valence-corrected chi connectivity index (χ4v) is 2.10. The van der Waals surface area contributed by atoms with Crippen molar-refractivity contribution in [2.75, 3.05) is 7.11 Å². The van der Waals surface area contributed by atoms with Gasteiger partial charge in [0, 0.05) is 30.8 Å². The number of benzene rings is 1. The molecule has 2 aromatic rings. The van der Waals surface area contributed by atoms with Crippen molar-refractivity contribution in [2.45, 2.75) is 13.1 Å². The molecule has 1 N–H and O–H groups in total. The minimum atomic E-state index is 0.781. The number of aryl methyl sites for hydroxylation is 1. The number of nitrogens with one attached hydrogen (secondary N) is 1. The standard InChI is InChI=1S/C13H16BrN3O/c1-17-11(5-6-16-17)9-15-8-10-7-12(18-2)3-4-13(10)14/h3-7,15H,8-9H2,1-2H3. The molecule has 2 rings (SSSR count). The van der Waals surface area contributed by atoms with Crippen LogP contribution in [0.2, 0.25) is 0 Å². The topological polar surface area (TPSA) is 39.1 Å². The Hall–Kier alpha value is -1.33. The molecule has 0 aliphatic heterocycles. The van der Waals surface area contributed by atoms with E-state index >= 15 is 0 Å². The predicted molar refractivity (Wildman–Crippen MR) is 74.4 cm³/mol. The zero-order valence-corrected chi connectivity index (χ0v) is 12.1. The Balaban J connectivity index is 1.96. The second-order valence-electron chi connectivity index (χ2n) is 4.01. The molecule has 4 nitrogen and oxygen atoms in total. The van der Waals surface area contributed by atoms with E-state index in [1.165, 1.54) is 5.56 Å². The third-order valence-corrected chi connectivity index (χ3v) is 3.57. The highest BCUT2D eigenvalue weighted by atomic mass is 79.9. The van der Waals surface area contributed by atoms with Crippen LogP contribution in [0.5, 0.6) is 5.75 Å². The van der Waals surface area contributed by atoms with E-state index in [4.69, 9.17) is 4.74 Å². The summed E-state index contributed by atoms with van der Waals surface area (Å²) in [6, 6.07) is 7.97. The van der Waals surface area contributed by atoms with Crippen molar-refractivity contribution in [1.29, 1.82) is 0 Å². The summed E-state index contributed by atoms with van der Waals surface area (Å²) in [5, 5.41) is 7.53. The summed E-state index contributed by atoms with van der Waals surface area (Å²) >= 11 is 3.54. The first-order chi connectivity index (χ1) is 8.70. The first-order valence-corrected chi connectivity index (χ1v) is 6.50. The SMILES string of the molecule is COc1ccc(Br)c(CNCc2ccnn2C)c1. The highest BCUT2D eigenvalue weighted by Crippen LogP contribution is 2.22. The van der Waals surface area contributed by atoms with Gasteiger partial charge in [-0.3, -0.25) is 4.68 Å². The minimum Gasteiger partial charge on any atom is -0.497 e. The molecule has 0 unspecified atom stereocenters. The van der Waals surface area contributed by atoms with Crippen LogP contribution in [0.4, 0.5) is 0 Å². The van der Waals surface area contributed by atoms with E-state index in [2.05, 4.69) is 26.3 Å². The lowest BCUT2D eigenvalue weighted by molar-refractivity contribution is 0.414. The molecule has 0 aliphatic rings. The fraction of sp³-hybridized carbons (Fsp3) is 0.308. The van der Waals surface area contributed by atoms with Gasteiger partial charge in [-0.25, -0.2) is 0 Å². The number of hydrogen-bond donors (Lipinski definition) is 1. The maximum absolute atomic E-state index is 5.22. The van der Waals surface area contributed by atoms with Gasteiger partial charge in [-0.1, -0.05) is 15.9 Å². The van der Waals surface area contributed by atoms with E-state index in [1.54, 1.807) is 13.3 Å². The molecule has 0 radical (unpaired) electrons. The molecule has 0 bridgehead atoms. The first kappa shape index (κ1) is 13.1. The number of methoxy groups -OCH3 is 1. The van der Waals surface area contributed by atoms with Crippen molar-refractivity contribution in [2.24, 2.45) is 7.05 Å². The van der Waals surface area contributed by atoms with Crippen LogP contribution in [0.15, 0.2) is 34.9 Å². The molecule has 0 saturated carbocycles. The van der Waals surface area contributed by atoms with Gasteiger partial charge in [0.05, 0.1) is 12.8 Å². The monoisotopic (exact) mass is 309 g/mol. The predicted octanol–water partition coefficient (Wildman–Crippen LogP) is 2.48.